The largest absolute Gasteiger partial charge is 0.489 e. The second-order valence-electron chi connectivity index (χ2n) is 8.88. The number of benzene rings is 2. The fourth-order valence-electron chi connectivity index (χ4n) is 3.59. The van der Waals surface area contributed by atoms with E-state index < -0.39 is 5.91 Å². The third-order valence-corrected chi connectivity index (χ3v) is 5.06. The molecule has 0 aliphatic rings. The van der Waals surface area contributed by atoms with Crippen LogP contribution in [0.1, 0.15) is 43.7 Å². The highest BCUT2D eigenvalue weighted by Gasteiger charge is 2.24. The highest BCUT2D eigenvalue weighted by Crippen LogP contribution is 2.28. The number of rotatable bonds is 11. The van der Waals surface area contributed by atoms with Gasteiger partial charge in [-0.1, -0.05) is 44.2 Å². The Morgan fingerprint density at radius 2 is 1.69 bits per heavy atom. The summed E-state index contributed by atoms with van der Waals surface area (Å²) < 4.78 is 11.8. The number of para-hydroxylation sites is 3. The first-order valence-corrected chi connectivity index (χ1v) is 10.8. The molecule has 0 saturated carbocycles. The van der Waals surface area contributed by atoms with E-state index in [2.05, 4.69) is 38.0 Å². The normalized spacial score (nSPS) is 11.4. The van der Waals surface area contributed by atoms with Gasteiger partial charge >= 0.3 is 0 Å². The second kappa shape index (κ2) is 11.2. The van der Waals surface area contributed by atoms with Crippen LogP contribution in [-0.2, 0) is 6.42 Å². The van der Waals surface area contributed by atoms with Crippen molar-refractivity contribution < 1.29 is 14.3 Å². The number of H-pyrrole nitrogens is 1. The topological polar surface area (TPSA) is 89.4 Å². The Labute approximate surface area is 196 Å². The first kappa shape index (κ1) is 25.6. The molecule has 0 radical (unpaired) electrons. The summed E-state index contributed by atoms with van der Waals surface area (Å²) in [5, 5.41) is 4.56. The number of primary amides is 1. The van der Waals surface area contributed by atoms with E-state index in [0.717, 1.165) is 28.0 Å². The zero-order valence-corrected chi connectivity index (χ0v) is 20.1. The summed E-state index contributed by atoms with van der Waals surface area (Å²) in [5.74, 6) is 1.52. The van der Waals surface area contributed by atoms with E-state index >= 15 is 0 Å². The lowest BCUT2D eigenvalue weighted by Crippen LogP contribution is -2.43. The summed E-state index contributed by atoms with van der Waals surface area (Å²) >= 11 is 0. The average molecular weight is 460 g/mol. The minimum atomic E-state index is -0.441. The van der Waals surface area contributed by atoms with E-state index in [-0.39, 0.29) is 17.9 Å². The number of hydrogen-bond acceptors (Lipinski definition) is 4. The molecular weight excluding hydrogens is 426 g/mol. The van der Waals surface area contributed by atoms with Gasteiger partial charge in [0.15, 0.2) is 11.5 Å². The van der Waals surface area contributed by atoms with Gasteiger partial charge in [-0.05, 0) is 49.9 Å². The monoisotopic (exact) mass is 459 g/mol. The molecule has 4 N–H and O–H groups in total. The molecule has 32 heavy (non-hydrogen) atoms. The molecule has 1 aromatic heterocycles. The third kappa shape index (κ3) is 6.65. The molecule has 1 heterocycles. The summed E-state index contributed by atoms with van der Waals surface area (Å²) in [4.78, 5) is 15.1. The van der Waals surface area contributed by atoms with Crippen molar-refractivity contribution >= 4 is 29.2 Å². The van der Waals surface area contributed by atoms with Gasteiger partial charge < -0.3 is 25.5 Å². The smallest absolute Gasteiger partial charge is 0.265 e. The molecule has 2 aromatic carbocycles. The van der Waals surface area contributed by atoms with Gasteiger partial charge in [-0.15, -0.1) is 12.4 Å². The Bertz CT molecular complexity index is 1030. The SMILES string of the molecule is CC(C)COc1ccccc1OCCNC(C)(C)Cc1c(C(N)=O)[nH]c2ccccc12.Cl. The number of carbonyl (C=O) groups excluding carboxylic acids is 1. The second-order valence-corrected chi connectivity index (χ2v) is 8.88. The van der Waals surface area contributed by atoms with Gasteiger partial charge in [0.2, 0.25) is 0 Å². The van der Waals surface area contributed by atoms with Crippen molar-refractivity contribution in [2.75, 3.05) is 19.8 Å². The fraction of sp³-hybridized carbons (Fsp3) is 0.400. The molecule has 0 bridgehead atoms. The van der Waals surface area contributed by atoms with Gasteiger partial charge in [0.05, 0.1) is 6.61 Å². The Morgan fingerprint density at radius 1 is 1.06 bits per heavy atom. The number of hydrogen-bond donors (Lipinski definition) is 3. The molecule has 3 rings (SSSR count). The maximum Gasteiger partial charge on any atom is 0.265 e. The molecule has 0 aliphatic heterocycles. The van der Waals surface area contributed by atoms with Gasteiger partial charge in [0.1, 0.15) is 12.3 Å². The van der Waals surface area contributed by atoms with Crippen molar-refractivity contribution in [1.29, 1.82) is 0 Å². The van der Waals surface area contributed by atoms with E-state index in [1.54, 1.807) is 0 Å². The van der Waals surface area contributed by atoms with Gasteiger partial charge in [0, 0.05) is 23.0 Å². The molecule has 7 heteroatoms. The summed E-state index contributed by atoms with van der Waals surface area (Å²) in [6, 6.07) is 15.6. The van der Waals surface area contributed by atoms with Crippen LogP contribution in [0.25, 0.3) is 10.9 Å². The minimum absolute atomic E-state index is 0. The number of halogens is 1. The van der Waals surface area contributed by atoms with E-state index in [9.17, 15) is 4.79 Å². The van der Waals surface area contributed by atoms with E-state index in [1.165, 1.54) is 0 Å². The van der Waals surface area contributed by atoms with Crippen LogP contribution < -0.4 is 20.5 Å². The minimum Gasteiger partial charge on any atom is -0.489 e. The van der Waals surface area contributed by atoms with Crippen LogP contribution in [0.4, 0.5) is 0 Å². The molecule has 1 amide bonds. The first-order chi connectivity index (χ1) is 14.8. The predicted octanol–water partition coefficient (Wildman–Crippen LogP) is 4.71. The number of amides is 1. The first-order valence-electron chi connectivity index (χ1n) is 10.8. The van der Waals surface area contributed by atoms with E-state index in [0.29, 0.717) is 37.8 Å². The Kier molecular flexibility index (Phi) is 8.99. The summed E-state index contributed by atoms with van der Waals surface area (Å²) in [6.07, 6.45) is 0.656. The molecule has 0 unspecified atom stereocenters. The number of ether oxygens (including phenoxy) is 2. The summed E-state index contributed by atoms with van der Waals surface area (Å²) in [5.41, 5.74) is 7.69. The van der Waals surface area contributed by atoms with Gasteiger partial charge in [-0.3, -0.25) is 4.79 Å². The van der Waals surface area contributed by atoms with Crippen molar-refractivity contribution in [2.45, 2.75) is 39.7 Å². The zero-order chi connectivity index (χ0) is 22.4. The maximum atomic E-state index is 12.0. The highest BCUT2D eigenvalue weighted by molar-refractivity contribution is 6.00. The van der Waals surface area contributed by atoms with Gasteiger partial charge in [-0.2, -0.15) is 0 Å². The lowest BCUT2D eigenvalue weighted by molar-refractivity contribution is 0.0995. The number of carbonyl (C=O) groups is 1. The Hall–Kier alpha value is -2.70. The third-order valence-electron chi connectivity index (χ3n) is 5.06. The quantitative estimate of drug-likeness (QED) is 0.362. The number of nitrogens with one attached hydrogen (secondary N) is 2. The van der Waals surface area contributed by atoms with Crippen molar-refractivity contribution in [3.05, 3.63) is 59.8 Å². The number of aromatic nitrogens is 1. The Morgan fingerprint density at radius 3 is 2.34 bits per heavy atom. The zero-order valence-electron chi connectivity index (χ0n) is 19.2. The molecule has 0 spiro atoms. The van der Waals surface area contributed by atoms with Crippen molar-refractivity contribution in [3.63, 3.8) is 0 Å². The molecular formula is C25H34ClN3O3. The molecule has 0 fully saturated rings. The molecule has 6 nitrogen and oxygen atoms in total. The van der Waals surface area contributed by atoms with Crippen LogP contribution in [-0.4, -0.2) is 36.2 Å². The standard InChI is InChI=1S/C25H33N3O3.ClH/c1-17(2)16-31-22-12-8-7-11-21(22)30-14-13-27-25(3,4)15-19-18-9-5-6-10-20(18)28-23(19)24(26)29;/h5-12,17,27-28H,13-16H2,1-4H3,(H2,26,29);1H. The Balaban J connectivity index is 0.00000363. The van der Waals surface area contributed by atoms with Crippen molar-refractivity contribution in [3.8, 4) is 11.5 Å². The molecule has 0 aliphatic carbocycles. The fourth-order valence-corrected chi connectivity index (χ4v) is 3.59. The predicted molar refractivity (Wildman–Crippen MR) is 132 cm³/mol. The average Bonchev–Trinajstić information content (AvgIpc) is 3.08. The molecule has 3 aromatic rings. The van der Waals surface area contributed by atoms with Crippen LogP contribution in [0.5, 0.6) is 11.5 Å². The number of fused-ring (bicyclic) bond motifs is 1. The van der Waals surface area contributed by atoms with Gasteiger partial charge in [0.25, 0.3) is 5.91 Å². The number of aromatic amines is 1. The van der Waals surface area contributed by atoms with Crippen molar-refractivity contribution in [2.24, 2.45) is 11.7 Å². The van der Waals surface area contributed by atoms with Crippen LogP contribution in [0.3, 0.4) is 0 Å². The van der Waals surface area contributed by atoms with Crippen LogP contribution >= 0.6 is 12.4 Å². The van der Waals surface area contributed by atoms with E-state index in [1.807, 2.05) is 48.5 Å². The lowest BCUT2D eigenvalue weighted by atomic mass is 9.92. The lowest BCUT2D eigenvalue weighted by Gasteiger charge is -2.27. The summed E-state index contributed by atoms with van der Waals surface area (Å²) in [7, 11) is 0. The molecule has 0 atom stereocenters. The van der Waals surface area contributed by atoms with E-state index in [4.69, 9.17) is 15.2 Å². The van der Waals surface area contributed by atoms with Crippen LogP contribution in [0.2, 0.25) is 0 Å². The molecule has 0 saturated heterocycles. The number of nitrogens with two attached hydrogens (primary N) is 1. The van der Waals surface area contributed by atoms with Crippen molar-refractivity contribution in [1.82, 2.24) is 10.3 Å². The maximum absolute atomic E-state index is 12.0. The van der Waals surface area contributed by atoms with Crippen LogP contribution in [0.15, 0.2) is 48.5 Å². The summed E-state index contributed by atoms with van der Waals surface area (Å²) in [6.45, 7) is 10.3. The highest BCUT2D eigenvalue weighted by atomic mass is 35.5. The van der Waals surface area contributed by atoms with Crippen LogP contribution in [0, 0.1) is 5.92 Å². The molecule has 174 valence electrons. The van der Waals surface area contributed by atoms with Gasteiger partial charge in [-0.25, -0.2) is 0 Å².